The molecule has 0 aromatic heterocycles. The number of halogens is 1. The van der Waals surface area contributed by atoms with Crippen LogP contribution in [-0.4, -0.2) is 18.9 Å². The Labute approximate surface area is 55.2 Å². The summed E-state index contributed by atoms with van der Waals surface area (Å²) in [6.07, 6.45) is 3.61. The number of alkyl halides is 1. The van der Waals surface area contributed by atoms with Crippen LogP contribution in [0, 0.1) is 0 Å². The van der Waals surface area contributed by atoms with Crippen LogP contribution in [0.15, 0.2) is 0 Å². The molecule has 2 heteroatoms. The van der Waals surface area contributed by atoms with Gasteiger partial charge in [-0.3, -0.25) is 0 Å². The molecule has 0 amide bonds. The van der Waals surface area contributed by atoms with E-state index in [2.05, 4.69) is 6.92 Å². The first-order chi connectivity index (χ1) is 4.38. The topological polar surface area (TPSA) is 12.5 Å². The quantitative estimate of drug-likeness (QED) is 0.532. The lowest BCUT2D eigenvalue weighted by Crippen LogP contribution is -1.94. The molecule has 0 N–H and O–H groups in total. The van der Waals surface area contributed by atoms with Gasteiger partial charge in [0.2, 0.25) is 0 Å². The van der Waals surface area contributed by atoms with Crippen LogP contribution in [0.2, 0.25) is 0 Å². The van der Waals surface area contributed by atoms with Crippen molar-refractivity contribution in [1.82, 2.24) is 0 Å². The molecule has 1 saturated heterocycles. The highest BCUT2D eigenvalue weighted by atomic mass is 19.1. The van der Waals surface area contributed by atoms with E-state index in [9.17, 15) is 4.39 Å². The Morgan fingerprint density at radius 3 is 2.67 bits per heavy atom. The van der Waals surface area contributed by atoms with Gasteiger partial charge in [0.15, 0.2) is 0 Å². The molecule has 2 unspecified atom stereocenters. The molecule has 1 nitrogen and oxygen atoms in total. The maximum Gasteiger partial charge on any atom is 0.118 e. The SMILES string of the molecule is CCCCC1OC1CF. The second-order valence-corrected chi connectivity index (χ2v) is 2.51. The van der Waals surface area contributed by atoms with Gasteiger partial charge in [0.05, 0.1) is 6.10 Å². The summed E-state index contributed by atoms with van der Waals surface area (Å²) in [5.41, 5.74) is 0. The van der Waals surface area contributed by atoms with Crippen LogP contribution in [0.4, 0.5) is 4.39 Å². The van der Waals surface area contributed by atoms with E-state index in [-0.39, 0.29) is 18.9 Å². The van der Waals surface area contributed by atoms with Crippen molar-refractivity contribution in [2.45, 2.75) is 38.4 Å². The molecule has 0 saturated carbocycles. The van der Waals surface area contributed by atoms with E-state index in [4.69, 9.17) is 4.74 Å². The third-order valence-electron chi connectivity index (χ3n) is 1.68. The second kappa shape index (κ2) is 3.16. The molecule has 0 bridgehead atoms. The molecular weight excluding hydrogens is 119 g/mol. The van der Waals surface area contributed by atoms with Crippen LogP contribution >= 0.6 is 0 Å². The molecule has 0 aromatic rings. The van der Waals surface area contributed by atoms with Crippen molar-refractivity contribution in [2.75, 3.05) is 6.67 Å². The normalized spacial score (nSPS) is 32.7. The molecule has 1 heterocycles. The molecule has 1 aliphatic rings. The summed E-state index contributed by atoms with van der Waals surface area (Å²) in [5.74, 6) is 0. The van der Waals surface area contributed by atoms with Gasteiger partial charge in [-0.25, -0.2) is 4.39 Å². The van der Waals surface area contributed by atoms with Crippen LogP contribution in [0.3, 0.4) is 0 Å². The second-order valence-electron chi connectivity index (χ2n) is 2.51. The summed E-state index contributed by atoms with van der Waals surface area (Å²) < 4.78 is 16.7. The standard InChI is InChI=1S/C7H13FO/c1-2-3-4-6-7(5-8)9-6/h6-7H,2-5H2,1H3. The molecule has 1 fully saturated rings. The van der Waals surface area contributed by atoms with E-state index < -0.39 is 0 Å². The van der Waals surface area contributed by atoms with Crippen LogP contribution in [0.1, 0.15) is 26.2 Å². The molecule has 54 valence electrons. The fourth-order valence-electron chi connectivity index (χ4n) is 0.974. The highest BCUT2D eigenvalue weighted by Gasteiger charge is 2.37. The minimum absolute atomic E-state index is 0.0449. The van der Waals surface area contributed by atoms with Crippen LogP contribution in [-0.2, 0) is 4.74 Å². The Balaban J connectivity index is 1.92. The lowest BCUT2D eigenvalue weighted by molar-refractivity contribution is 0.325. The van der Waals surface area contributed by atoms with E-state index in [0.29, 0.717) is 0 Å². The van der Waals surface area contributed by atoms with Crippen molar-refractivity contribution >= 4 is 0 Å². The van der Waals surface area contributed by atoms with E-state index in [0.717, 1.165) is 6.42 Å². The summed E-state index contributed by atoms with van der Waals surface area (Å²) in [4.78, 5) is 0. The molecule has 1 aliphatic heterocycles. The van der Waals surface area contributed by atoms with Gasteiger partial charge in [0.25, 0.3) is 0 Å². The average molecular weight is 132 g/mol. The summed E-state index contributed by atoms with van der Waals surface area (Å²) >= 11 is 0. The van der Waals surface area contributed by atoms with E-state index in [1.54, 1.807) is 0 Å². The van der Waals surface area contributed by atoms with Crippen molar-refractivity contribution in [3.8, 4) is 0 Å². The van der Waals surface area contributed by atoms with Gasteiger partial charge in [0, 0.05) is 0 Å². The van der Waals surface area contributed by atoms with Gasteiger partial charge < -0.3 is 4.74 Å². The summed E-state index contributed by atoms with van der Waals surface area (Å²) in [7, 11) is 0. The maximum atomic E-state index is 11.7. The van der Waals surface area contributed by atoms with Crippen molar-refractivity contribution in [3.05, 3.63) is 0 Å². The molecular formula is C7H13FO. The third-order valence-corrected chi connectivity index (χ3v) is 1.68. The van der Waals surface area contributed by atoms with Crippen LogP contribution in [0.5, 0.6) is 0 Å². The minimum atomic E-state index is -0.297. The largest absolute Gasteiger partial charge is 0.367 e. The first-order valence-corrected chi connectivity index (χ1v) is 3.60. The summed E-state index contributed by atoms with van der Waals surface area (Å²) in [5, 5.41) is 0. The zero-order valence-electron chi connectivity index (χ0n) is 5.77. The van der Waals surface area contributed by atoms with Gasteiger partial charge in [-0.15, -0.1) is 0 Å². The number of rotatable bonds is 4. The molecule has 0 radical (unpaired) electrons. The highest BCUT2D eigenvalue weighted by molar-refractivity contribution is 4.83. The van der Waals surface area contributed by atoms with Crippen molar-refractivity contribution in [3.63, 3.8) is 0 Å². The van der Waals surface area contributed by atoms with E-state index >= 15 is 0 Å². The van der Waals surface area contributed by atoms with Crippen molar-refractivity contribution in [2.24, 2.45) is 0 Å². The van der Waals surface area contributed by atoms with Gasteiger partial charge in [-0.2, -0.15) is 0 Å². The van der Waals surface area contributed by atoms with Gasteiger partial charge in [0.1, 0.15) is 12.8 Å². The third kappa shape index (κ3) is 1.94. The lowest BCUT2D eigenvalue weighted by Gasteiger charge is -1.88. The fraction of sp³-hybridized carbons (Fsp3) is 1.00. The Morgan fingerprint density at radius 2 is 2.22 bits per heavy atom. The molecule has 1 rings (SSSR count). The first-order valence-electron chi connectivity index (χ1n) is 3.60. The molecule has 0 spiro atoms. The number of hydrogen-bond donors (Lipinski definition) is 0. The number of hydrogen-bond acceptors (Lipinski definition) is 1. The average Bonchev–Trinajstić information content (AvgIpc) is 2.62. The van der Waals surface area contributed by atoms with Crippen molar-refractivity contribution < 1.29 is 9.13 Å². The maximum absolute atomic E-state index is 11.7. The number of ether oxygens (including phenoxy) is 1. The molecule has 2 atom stereocenters. The zero-order chi connectivity index (χ0) is 6.69. The lowest BCUT2D eigenvalue weighted by atomic mass is 10.2. The predicted octanol–water partition coefficient (Wildman–Crippen LogP) is 1.91. The number of unbranched alkanes of at least 4 members (excludes halogenated alkanes) is 1. The van der Waals surface area contributed by atoms with Crippen LogP contribution < -0.4 is 0 Å². The zero-order valence-corrected chi connectivity index (χ0v) is 5.77. The van der Waals surface area contributed by atoms with Gasteiger partial charge in [-0.1, -0.05) is 19.8 Å². The summed E-state index contributed by atoms with van der Waals surface area (Å²) in [6.45, 7) is 1.83. The predicted molar refractivity (Wildman–Crippen MR) is 34.2 cm³/mol. The Bertz CT molecular complexity index is 85.0. The van der Waals surface area contributed by atoms with E-state index in [1.807, 2.05) is 0 Å². The van der Waals surface area contributed by atoms with Gasteiger partial charge >= 0.3 is 0 Å². The Hall–Kier alpha value is -0.110. The monoisotopic (exact) mass is 132 g/mol. The summed E-state index contributed by atoms with van der Waals surface area (Å²) in [6, 6.07) is 0. The van der Waals surface area contributed by atoms with Crippen LogP contribution in [0.25, 0.3) is 0 Å². The Morgan fingerprint density at radius 1 is 1.44 bits per heavy atom. The van der Waals surface area contributed by atoms with Crippen molar-refractivity contribution in [1.29, 1.82) is 0 Å². The fourth-order valence-corrected chi connectivity index (χ4v) is 0.974. The highest BCUT2D eigenvalue weighted by Crippen LogP contribution is 2.26. The molecule has 0 aliphatic carbocycles. The molecule has 9 heavy (non-hydrogen) atoms. The first kappa shape index (κ1) is 7.00. The molecule has 0 aromatic carbocycles. The number of epoxide rings is 1. The smallest absolute Gasteiger partial charge is 0.118 e. The van der Waals surface area contributed by atoms with Gasteiger partial charge in [-0.05, 0) is 6.42 Å². The Kier molecular flexibility index (Phi) is 2.46. The van der Waals surface area contributed by atoms with E-state index in [1.165, 1.54) is 12.8 Å². The minimum Gasteiger partial charge on any atom is -0.367 e.